The summed E-state index contributed by atoms with van der Waals surface area (Å²) in [6.07, 6.45) is 0.601. The van der Waals surface area contributed by atoms with Crippen LogP contribution in [0.1, 0.15) is 17.5 Å². The molecule has 2 aromatic carbocycles. The van der Waals surface area contributed by atoms with Crippen molar-refractivity contribution >= 4 is 17.5 Å². The van der Waals surface area contributed by atoms with Gasteiger partial charge in [0, 0.05) is 6.42 Å². The van der Waals surface area contributed by atoms with Crippen molar-refractivity contribution in [3.63, 3.8) is 0 Å². The van der Waals surface area contributed by atoms with Gasteiger partial charge in [0.2, 0.25) is 0 Å². The Morgan fingerprint density at radius 1 is 1.10 bits per heavy atom. The lowest BCUT2D eigenvalue weighted by Gasteiger charge is -2.28. The highest BCUT2D eigenvalue weighted by atomic mass is 16.4. The first-order valence-electron chi connectivity index (χ1n) is 7.04. The van der Waals surface area contributed by atoms with Crippen LogP contribution >= 0.6 is 0 Å². The predicted molar refractivity (Wildman–Crippen MR) is 81.1 cm³/mol. The number of hydrogen-bond donors (Lipinski definition) is 2. The molecule has 1 unspecified atom stereocenters. The third-order valence-corrected chi connectivity index (χ3v) is 3.88. The highest BCUT2D eigenvalue weighted by Crippen LogP contribution is 2.34. The maximum atomic E-state index is 11.7. The second kappa shape index (κ2) is 5.58. The smallest absolute Gasteiger partial charge is 0.416 e. The molecule has 0 heterocycles. The van der Waals surface area contributed by atoms with E-state index in [0.29, 0.717) is 17.8 Å². The Morgan fingerprint density at radius 3 is 2.57 bits per heavy atom. The van der Waals surface area contributed by atoms with Gasteiger partial charge in [0.25, 0.3) is 0 Å². The number of amides is 1. The van der Waals surface area contributed by atoms with Crippen LogP contribution in [-0.4, -0.2) is 22.4 Å². The molecule has 0 bridgehead atoms. The van der Waals surface area contributed by atoms with E-state index in [9.17, 15) is 15.0 Å². The number of fused-ring (bicyclic) bond motifs is 1. The average Bonchev–Trinajstić information content (AvgIpc) is 2.49. The lowest BCUT2D eigenvalue weighted by molar-refractivity contribution is 0.158. The van der Waals surface area contributed by atoms with Gasteiger partial charge in [-0.2, -0.15) is 0 Å². The number of rotatable bonds is 2. The largest absolute Gasteiger partial charge is 0.464 e. The predicted octanol–water partition coefficient (Wildman–Crippen LogP) is 3.35. The third-order valence-electron chi connectivity index (χ3n) is 3.88. The molecule has 1 aliphatic rings. The normalized spacial score (nSPS) is 17.1. The molecule has 2 N–H and O–H groups in total. The van der Waals surface area contributed by atoms with E-state index in [1.165, 1.54) is 4.90 Å². The maximum absolute atomic E-state index is 11.7. The fourth-order valence-corrected chi connectivity index (χ4v) is 2.89. The van der Waals surface area contributed by atoms with Crippen LogP contribution in [-0.2, 0) is 12.8 Å². The van der Waals surface area contributed by atoms with Crippen molar-refractivity contribution < 1.29 is 15.0 Å². The van der Waals surface area contributed by atoms with E-state index >= 15 is 0 Å². The molecule has 108 valence electrons. The molecule has 2 aromatic rings. The van der Waals surface area contributed by atoms with Gasteiger partial charge in [0.15, 0.2) is 0 Å². The van der Waals surface area contributed by atoms with E-state index in [2.05, 4.69) is 0 Å². The molecule has 3 rings (SSSR count). The molecular weight excluding hydrogens is 266 g/mol. The van der Waals surface area contributed by atoms with Crippen LogP contribution in [0.3, 0.4) is 0 Å². The summed E-state index contributed by atoms with van der Waals surface area (Å²) in [5, 5.41) is 19.5. The first-order valence-corrected chi connectivity index (χ1v) is 7.04. The number of aryl methyl sites for hydroxylation is 1. The van der Waals surface area contributed by atoms with Gasteiger partial charge < -0.3 is 10.2 Å². The third kappa shape index (κ3) is 2.62. The summed E-state index contributed by atoms with van der Waals surface area (Å²) in [5.74, 6) is 0. The van der Waals surface area contributed by atoms with E-state index in [0.717, 1.165) is 24.0 Å². The van der Waals surface area contributed by atoms with E-state index in [-0.39, 0.29) is 0 Å². The van der Waals surface area contributed by atoms with E-state index in [4.69, 9.17) is 0 Å². The summed E-state index contributed by atoms with van der Waals surface area (Å²) in [4.78, 5) is 13.0. The summed E-state index contributed by atoms with van der Waals surface area (Å²) in [7, 11) is 0. The number of carboxylic acid groups (broad SMARTS) is 1. The van der Waals surface area contributed by atoms with Gasteiger partial charge in [-0.25, -0.2) is 9.69 Å². The maximum Gasteiger partial charge on any atom is 0.416 e. The average molecular weight is 283 g/mol. The van der Waals surface area contributed by atoms with E-state index < -0.39 is 12.2 Å². The van der Waals surface area contributed by atoms with Crippen LogP contribution in [0.25, 0.3) is 0 Å². The Morgan fingerprint density at radius 2 is 1.86 bits per heavy atom. The molecule has 0 fully saturated rings. The zero-order valence-electron chi connectivity index (χ0n) is 11.6. The summed E-state index contributed by atoms with van der Waals surface area (Å²) in [6.45, 7) is 0. The van der Waals surface area contributed by atoms with Crippen molar-refractivity contribution in [2.24, 2.45) is 0 Å². The van der Waals surface area contributed by atoms with Crippen LogP contribution in [0.5, 0.6) is 0 Å². The second-order valence-electron chi connectivity index (χ2n) is 5.26. The van der Waals surface area contributed by atoms with Crippen molar-refractivity contribution in [2.75, 3.05) is 4.90 Å². The molecule has 1 atom stereocenters. The number of aliphatic hydroxyl groups is 1. The molecule has 0 saturated heterocycles. The molecule has 21 heavy (non-hydrogen) atoms. The topological polar surface area (TPSA) is 60.8 Å². The molecule has 0 aromatic heterocycles. The van der Waals surface area contributed by atoms with Gasteiger partial charge in [-0.1, -0.05) is 30.3 Å². The molecule has 0 saturated carbocycles. The molecular formula is C17H17NO3. The molecule has 0 spiro atoms. The summed E-state index contributed by atoms with van der Waals surface area (Å²) < 4.78 is 0. The summed E-state index contributed by atoms with van der Waals surface area (Å²) in [5.41, 5.74) is 3.31. The summed E-state index contributed by atoms with van der Waals surface area (Å²) >= 11 is 0. The molecule has 4 nitrogen and oxygen atoms in total. The van der Waals surface area contributed by atoms with Crippen LogP contribution in [0, 0.1) is 0 Å². The van der Waals surface area contributed by atoms with Crippen LogP contribution in [0.2, 0.25) is 0 Å². The minimum absolute atomic E-state index is 0.398. The lowest BCUT2D eigenvalue weighted by atomic mass is 9.88. The zero-order chi connectivity index (χ0) is 14.8. The zero-order valence-corrected chi connectivity index (χ0v) is 11.6. The Balaban J connectivity index is 2.11. The molecule has 1 aliphatic carbocycles. The molecule has 4 heteroatoms. The Kier molecular flexibility index (Phi) is 3.62. The minimum atomic E-state index is -1.02. The van der Waals surface area contributed by atoms with Crippen molar-refractivity contribution in [3.8, 4) is 0 Å². The van der Waals surface area contributed by atoms with Gasteiger partial charge in [0.1, 0.15) is 0 Å². The van der Waals surface area contributed by atoms with Gasteiger partial charge in [0.05, 0.1) is 17.5 Å². The first-order chi connectivity index (χ1) is 10.2. The Hall–Kier alpha value is -2.33. The van der Waals surface area contributed by atoms with E-state index in [1.54, 1.807) is 18.2 Å². The number of benzene rings is 2. The minimum Gasteiger partial charge on any atom is -0.464 e. The number of anilines is 2. The Labute approximate surface area is 123 Å². The van der Waals surface area contributed by atoms with E-state index in [1.807, 2.05) is 30.3 Å². The Bertz CT molecular complexity index is 654. The number of para-hydroxylation sites is 1. The number of carbonyl (C=O) groups is 1. The highest BCUT2D eigenvalue weighted by Gasteiger charge is 2.25. The molecule has 0 radical (unpaired) electrons. The fourth-order valence-electron chi connectivity index (χ4n) is 2.89. The SMILES string of the molecule is O=C(O)N(c1ccccc1)c1cccc2c1CC(O)CC2. The van der Waals surface area contributed by atoms with Gasteiger partial charge in [-0.05, 0) is 42.2 Å². The highest BCUT2D eigenvalue weighted by molar-refractivity contribution is 5.95. The lowest BCUT2D eigenvalue weighted by Crippen LogP contribution is -2.27. The number of nitrogens with zero attached hydrogens (tertiary/aromatic N) is 1. The van der Waals surface area contributed by atoms with Gasteiger partial charge in [-0.3, -0.25) is 0 Å². The monoisotopic (exact) mass is 283 g/mol. The van der Waals surface area contributed by atoms with Crippen LogP contribution in [0.15, 0.2) is 48.5 Å². The van der Waals surface area contributed by atoms with Crippen molar-refractivity contribution in [2.45, 2.75) is 25.4 Å². The van der Waals surface area contributed by atoms with Crippen LogP contribution in [0.4, 0.5) is 16.2 Å². The molecule has 1 amide bonds. The number of aliphatic hydroxyl groups excluding tert-OH is 1. The standard InChI is InChI=1S/C17H17NO3/c19-14-10-9-12-5-4-8-16(15(12)11-14)18(17(20)21)13-6-2-1-3-7-13/h1-8,14,19H,9-11H2,(H,20,21). The van der Waals surface area contributed by atoms with Crippen molar-refractivity contribution in [3.05, 3.63) is 59.7 Å². The van der Waals surface area contributed by atoms with Gasteiger partial charge in [-0.15, -0.1) is 0 Å². The molecule has 0 aliphatic heterocycles. The number of hydrogen-bond acceptors (Lipinski definition) is 2. The first kappa shape index (κ1) is 13.6. The van der Waals surface area contributed by atoms with Crippen molar-refractivity contribution in [1.29, 1.82) is 0 Å². The summed E-state index contributed by atoms with van der Waals surface area (Å²) in [6, 6.07) is 14.7. The van der Waals surface area contributed by atoms with Gasteiger partial charge >= 0.3 is 6.09 Å². The van der Waals surface area contributed by atoms with Crippen molar-refractivity contribution in [1.82, 2.24) is 0 Å². The second-order valence-corrected chi connectivity index (χ2v) is 5.26. The fraction of sp³-hybridized carbons (Fsp3) is 0.235. The van der Waals surface area contributed by atoms with Crippen LogP contribution < -0.4 is 4.90 Å². The quantitative estimate of drug-likeness (QED) is 0.888.